The third kappa shape index (κ3) is 4.71. The Balaban J connectivity index is 1.41. The number of alkyl halides is 3. The summed E-state index contributed by atoms with van der Waals surface area (Å²) < 4.78 is 41.6. The van der Waals surface area contributed by atoms with Crippen LogP contribution in [0.3, 0.4) is 0 Å². The Morgan fingerprint density at radius 3 is 2.61 bits per heavy atom. The van der Waals surface area contributed by atoms with Crippen LogP contribution in [0, 0.1) is 0 Å². The van der Waals surface area contributed by atoms with Crippen LogP contribution in [0.4, 0.5) is 36.3 Å². The molecule has 0 spiro atoms. The fourth-order valence-electron chi connectivity index (χ4n) is 3.28. The van der Waals surface area contributed by atoms with Crippen molar-refractivity contribution in [2.75, 3.05) is 16.2 Å². The smallest absolute Gasteiger partial charge is 0.406 e. The van der Waals surface area contributed by atoms with E-state index in [2.05, 4.69) is 41.1 Å². The van der Waals surface area contributed by atoms with Gasteiger partial charge < -0.3 is 10.1 Å². The highest BCUT2D eigenvalue weighted by Crippen LogP contribution is 2.28. The number of fused-ring (bicyclic) bond motifs is 2. The highest BCUT2D eigenvalue weighted by molar-refractivity contribution is 5.91. The highest BCUT2D eigenvalue weighted by Gasteiger charge is 2.31. The van der Waals surface area contributed by atoms with Gasteiger partial charge in [-0.05, 0) is 42.5 Å². The Morgan fingerprint density at radius 1 is 0.848 bits per heavy atom. The molecule has 2 heterocycles. The van der Waals surface area contributed by atoms with Gasteiger partial charge in [-0.3, -0.25) is 16.0 Å². The first-order valence-corrected chi connectivity index (χ1v) is 9.78. The van der Waals surface area contributed by atoms with Crippen LogP contribution in [0.2, 0.25) is 0 Å². The van der Waals surface area contributed by atoms with Crippen molar-refractivity contribution in [3.8, 4) is 5.75 Å². The molecule has 33 heavy (non-hydrogen) atoms. The van der Waals surface area contributed by atoms with Gasteiger partial charge in [0.1, 0.15) is 5.75 Å². The average molecular weight is 451 g/mol. The van der Waals surface area contributed by atoms with Gasteiger partial charge in [0.15, 0.2) is 5.82 Å². The van der Waals surface area contributed by atoms with Crippen LogP contribution < -0.4 is 20.9 Å². The number of hydrazine groups is 1. The van der Waals surface area contributed by atoms with E-state index in [4.69, 9.17) is 0 Å². The van der Waals surface area contributed by atoms with Crippen LogP contribution in [0.1, 0.15) is 0 Å². The Hall–Kier alpha value is -4.54. The van der Waals surface area contributed by atoms with Crippen molar-refractivity contribution in [2.24, 2.45) is 0 Å². The first-order valence-electron chi connectivity index (χ1n) is 9.78. The third-order valence-electron chi connectivity index (χ3n) is 4.69. The number of benzene rings is 3. The minimum Gasteiger partial charge on any atom is -0.406 e. The monoisotopic (exact) mass is 451 g/mol. The van der Waals surface area contributed by atoms with Gasteiger partial charge in [0.25, 0.3) is 0 Å². The minimum atomic E-state index is -4.78. The normalized spacial score (nSPS) is 11.5. The van der Waals surface area contributed by atoms with Crippen LogP contribution in [0.5, 0.6) is 5.75 Å². The average Bonchev–Trinajstić information content (AvgIpc) is 3.24. The maximum Gasteiger partial charge on any atom is 0.573 e. The molecule has 0 aliphatic heterocycles. The second-order valence-electron chi connectivity index (χ2n) is 7.04. The highest BCUT2D eigenvalue weighted by atomic mass is 19.4. The maximum absolute atomic E-state index is 12.5. The van der Waals surface area contributed by atoms with Gasteiger partial charge in [-0.15, -0.1) is 13.2 Å². The minimum absolute atomic E-state index is 0.201. The summed E-state index contributed by atoms with van der Waals surface area (Å²) in [4.78, 5) is 8.95. The van der Waals surface area contributed by atoms with Gasteiger partial charge >= 0.3 is 6.36 Å². The molecule has 0 bridgehead atoms. The Labute approximate surface area is 184 Å². The SMILES string of the molecule is FC(F)(F)Oc1cccc(Nc2nc(NNc3ccc4[nH]ncc4c3)c3ccccc3n2)c1. The van der Waals surface area contributed by atoms with Crippen molar-refractivity contribution in [3.63, 3.8) is 0 Å². The molecule has 0 atom stereocenters. The molecule has 3 aromatic carbocycles. The fraction of sp³-hybridized carbons (Fsp3) is 0.0455. The molecular formula is C22H16F3N7O. The topological polar surface area (TPSA) is 99.8 Å². The number of H-pyrrole nitrogens is 1. The van der Waals surface area contributed by atoms with Gasteiger partial charge in [0.05, 0.1) is 22.9 Å². The molecule has 11 heteroatoms. The van der Waals surface area contributed by atoms with E-state index in [9.17, 15) is 13.2 Å². The summed E-state index contributed by atoms with van der Waals surface area (Å²) >= 11 is 0. The number of nitrogens with one attached hydrogen (secondary N) is 4. The second kappa shape index (κ2) is 8.19. The number of ether oxygens (including phenoxy) is 1. The molecule has 0 amide bonds. The molecule has 0 aliphatic carbocycles. The lowest BCUT2D eigenvalue weighted by atomic mass is 10.2. The molecule has 0 radical (unpaired) electrons. The standard InChI is InChI=1S/C22H16F3N7O/c23-22(24,25)33-16-5-3-4-14(11-16)27-21-28-19-7-2-1-6-17(19)20(29-21)32-30-15-8-9-18-13(10-15)12-26-31-18/h1-12,30H,(H,26,31)(H2,27,28,29,32). The van der Waals surface area contributed by atoms with Gasteiger partial charge in [0.2, 0.25) is 5.95 Å². The van der Waals surface area contributed by atoms with E-state index >= 15 is 0 Å². The summed E-state index contributed by atoms with van der Waals surface area (Å²) in [5, 5.41) is 11.5. The van der Waals surface area contributed by atoms with Gasteiger partial charge in [-0.25, -0.2) is 4.98 Å². The number of aromatic amines is 1. The summed E-state index contributed by atoms with van der Waals surface area (Å²) in [5.41, 5.74) is 8.88. The van der Waals surface area contributed by atoms with Gasteiger partial charge in [0, 0.05) is 22.5 Å². The predicted octanol–water partition coefficient (Wildman–Crippen LogP) is 5.59. The number of anilines is 4. The van der Waals surface area contributed by atoms with Crippen molar-refractivity contribution in [3.05, 3.63) is 72.9 Å². The summed E-state index contributed by atoms with van der Waals surface area (Å²) in [6, 6.07) is 18.5. The molecule has 5 aromatic rings. The van der Waals surface area contributed by atoms with E-state index < -0.39 is 6.36 Å². The molecule has 0 aliphatic rings. The number of nitrogens with zero attached hydrogens (tertiary/aromatic N) is 3. The molecule has 0 saturated heterocycles. The molecule has 166 valence electrons. The van der Waals surface area contributed by atoms with Gasteiger partial charge in [-0.1, -0.05) is 18.2 Å². The number of para-hydroxylation sites is 1. The summed E-state index contributed by atoms with van der Waals surface area (Å²) in [6.07, 6.45) is -3.06. The largest absolute Gasteiger partial charge is 0.573 e. The number of hydrogen-bond acceptors (Lipinski definition) is 7. The van der Waals surface area contributed by atoms with E-state index in [1.54, 1.807) is 12.3 Å². The molecule has 2 aromatic heterocycles. The Morgan fingerprint density at radius 2 is 1.73 bits per heavy atom. The molecule has 4 N–H and O–H groups in total. The zero-order valence-corrected chi connectivity index (χ0v) is 16.8. The van der Waals surface area contributed by atoms with Crippen molar-refractivity contribution >= 4 is 44.9 Å². The Kier molecular flexibility index (Phi) is 5.05. The van der Waals surface area contributed by atoms with Crippen LogP contribution in [0.15, 0.2) is 72.9 Å². The number of rotatable bonds is 6. The molecule has 5 rings (SSSR count). The number of aromatic nitrogens is 4. The first kappa shape index (κ1) is 20.4. The van der Waals surface area contributed by atoms with Crippen LogP contribution in [-0.4, -0.2) is 26.5 Å². The maximum atomic E-state index is 12.5. The second-order valence-corrected chi connectivity index (χ2v) is 7.04. The van der Waals surface area contributed by atoms with Crippen molar-refractivity contribution < 1.29 is 17.9 Å². The van der Waals surface area contributed by atoms with Crippen LogP contribution >= 0.6 is 0 Å². The number of hydrogen-bond donors (Lipinski definition) is 4. The summed E-state index contributed by atoms with van der Waals surface area (Å²) in [5.74, 6) is 0.341. The molecule has 0 saturated carbocycles. The lowest BCUT2D eigenvalue weighted by molar-refractivity contribution is -0.274. The van der Waals surface area contributed by atoms with E-state index in [0.717, 1.165) is 22.0 Å². The summed E-state index contributed by atoms with van der Waals surface area (Å²) in [7, 11) is 0. The lowest BCUT2D eigenvalue weighted by Crippen LogP contribution is -2.17. The summed E-state index contributed by atoms with van der Waals surface area (Å²) in [6.45, 7) is 0. The van der Waals surface area contributed by atoms with Crippen LogP contribution in [0.25, 0.3) is 21.8 Å². The van der Waals surface area contributed by atoms with Crippen molar-refractivity contribution in [2.45, 2.75) is 6.36 Å². The van der Waals surface area contributed by atoms with E-state index in [1.807, 2.05) is 42.5 Å². The van der Waals surface area contributed by atoms with Crippen LogP contribution in [-0.2, 0) is 0 Å². The predicted molar refractivity (Wildman–Crippen MR) is 119 cm³/mol. The Bertz CT molecular complexity index is 1430. The molecule has 0 unspecified atom stereocenters. The first-order chi connectivity index (χ1) is 15.9. The lowest BCUT2D eigenvalue weighted by Gasteiger charge is -2.14. The van der Waals surface area contributed by atoms with E-state index in [1.165, 1.54) is 18.2 Å². The molecular weight excluding hydrogens is 435 g/mol. The molecule has 8 nitrogen and oxygen atoms in total. The van der Waals surface area contributed by atoms with Crippen molar-refractivity contribution in [1.82, 2.24) is 20.2 Å². The van der Waals surface area contributed by atoms with E-state index in [-0.39, 0.29) is 11.7 Å². The molecule has 0 fully saturated rings. The zero-order valence-electron chi connectivity index (χ0n) is 16.8. The van der Waals surface area contributed by atoms with E-state index in [0.29, 0.717) is 17.0 Å². The quantitative estimate of drug-likeness (QED) is 0.250. The fourth-order valence-corrected chi connectivity index (χ4v) is 3.28. The van der Waals surface area contributed by atoms with Crippen molar-refractivity contribution in [1.29, 1.82) is 0 Å². The number of halogens is 3. The van der Waals surface area contributed by atoms with Gasteiger partial charge in [-0.2, -0.15) is 10.1 Å². The zero-order chi connectivity index (χ0) is 22.8. The third-order valence-corrected chi connectivity index (χ3v) is 4.69.